The second kappa shape index (κ2) is 9.03. The number of carbonyl (C=O) groups is 2. The second-order valence-electron chi connectivity index (χ2n) is 7.01. The van der Waals surface area contributed by atoms with Crippen molar-refractivity contribution in [3.05, 3.63) is 59.2 Å². The summed E-state index contributed by atoms with van der Waals surface area (Å²) >= 11 is 2.72. The van der Waals surface area contributed by atoms with Gasteiger partial charge in [-0.15, -0.1) is 0 Å². The maximum absolute atomic E-state index is 12.5. The summed E-state index contributed by atoms with van der Waals surface area (Å²) in [6, 6.07) is 13.3. The molecule has 2 heterocycles. The van der Waals surface area contributed by atoms with E-state index in [0.717, 1.165) is 37.3 Å². The van der Waals surface area contributed by atoms with Crippen molar-refractivity contribution in [1.29, 1.82) is 0 Å². The highest BCUT2D eigenvalue weighted by Gasteiger charge is 2.13. The van der Waals surface area contributed by atoms with Crippen LogP contribution in [0.4, 0.5) is 5.13 Å². The molecule has 0 saturated heterocycles. The van der Waals surface area contributed by atoms with Crippen LogP contribution in [0.1, 0.15) is 28.4 Å². The SMILES string of the molecule is CCOC(=O)c1ccc2nc(NC(=O)CSc3cc(C)c4cccc(C)c4n3)sc2c1. The average molecular weight is 452 g/mol. The van der Waals surface area contributed by atoms with Crippen LogP contribution < -0.4 is 5.32 Å². The second-order valence-corrected chi connectivity index (χ2v) is 9.03. The number of aryl methyl sites for hydroxylation is 2. The average Bonchev–Trinajstić information content (AvgIpc) is 3.14. The van der Waals surface area contributed by atoms with Crippen molar-refractivity contribution in [1.82, 2.24) is 9.97 Å². The predicted octanol–water partition coefficient (Wildman–Crippen LogP) is 5.37. The number of anilines is 1. The van der Waals surface area contributed by atoms with Gasteiger partial charge in [-0.05, 0) is 56.2 Å². The number of ether oxygens (including phenoxy) is 1. The molecule has 158 valence electrons. The Labute approximate surface area is 188 Å². The van der Waals surface area contributed by atoms with Crippen LogP contribution in [-0.2, 0) is 9.53 Å². The number of thiazole rings is 1. The van der Waals surface area contributed by atoms with E-state index in [0.29, 0.717) is 17.3 Å². The summed E-state index contributed by atoms with van der Waals surface area (Å²) in [6.07, 6.45) is 0. The van der Waals surface area contributed by atoms with Crippen molar-refractivity contribution in [2.45, 2.75) is 25.8 Å². The minimum absolute atomic E-state index is 0.154. The molecular weight excluding hydrogens is 430 g/mol. The molecule has 8 heteroatoms. The molecule has 0 aliphatic carbocycles. The van der Waals surface area contributed by atoms with Gasteiger partial charge in [0.05, 0.1) is 38.7 Å². The van der Waals surface area contributed by atoms with Crippen LogP contribution in [0, 0.1) is 13.8 Å². The number of pyridine rings is 1. The fourth-order valence-electron chi connectivity index (χ4n) is 3.22. The summed E-state index contributed by atoms with van der Waals surface area (Å²) in [5, 5.41) is 5.29. The predicted molar refractivity (Wildman–Crippen MR) is 126 cm³/mol. The Morgan fingerprint density at radius 1 is 1.10 bits per heavy atom. The van der Waals surface area contributed by atoms with Gasteiger partial charge in [0, 0.05) is 5.39 Å². The fraction of sp³-hybridized carbons (Fsp3) is 0.217. The molecule has 6 nitrogen and oxygen atoms in total. The van der Waals surface area contributed by atoms with E-state index in [9.17, 15) is 9.59 Å². The molecule has 1 N–H and O–H groups in total. The van der Waals surface area contributed by atoms with Crippen molar-refractivity contribution < 1.29 is 14.3 Å². The minimum atomic E-state index is -0.367. The molecule has 0 saturated carbocycles. The zero-order valence-electron chi connectivity index (χ0n) is 17.4. The highest BCUT2D eigenvalue weighted by molar-refractivity contribution is 7.99. The van der Waals surface area contributed by atoms with Crippen LogP contribution in [0.15, 0.2) is 47.5 Å². The molecule has 0 bridgehead atoms. The number of fused-ring (bicyclic) bond motifs is 2. The number of hydrogen-bond donors (Lipinski definition) is 1. The van der Waals surface area contributed by atoms with Crippen molar-refractivity contribution in [2.75, 3.05) is 17.7 Å². The van der Waals surface area contributed by atoms with Crippen LogP contribution in [0.25, 0.3) is 21.1 Å². The van der Waals surface area contributed by atoms with Crippen LogP contribution in [0.3, 0.4) is 0 Å². The molecule has 0 unspecified atom stereocenters. The van der Waals surface area contributed by atoms with Crippen molar-refractivity contribution in [3.8, 4) is 0 Å². The first-order valence-corrected chi connectivity index (χ1v) is 11.6. The highest BCUT2D eigenvalue weighted by atomic mass is 32.2. The van der Waals surface area contributed by atoms with Gasteiger partial charge in [0.25, 0.3) is 0 Å². The molecule has 4 aromatic rings. The molecule has 2 aromatic carbocycles. The number of para-hydroxylation sites is 1. The molecule has 4 rings (SSSR count). The Bertz CT molecular complexity index is 1300. The largest absolute Gasteiger partial charge is 0.462 e. The number of nitrogens with one attached hydrogen (secondary N) is 1. The van der Waals surface area contributed by atoms with Gasteiger partial charge in [0.15, 0.2) is 5.13 Å². The summed E-state index contributed by atoms with van der Waals surface area (Å²) < 4.78 is 5.85. The number of rotatable bonds is 6. The van der Waals surface area contributed by atoms with E-state index in [4.69, 9.17) is 9.72 Å². The highest BCUT2D eigenvalue weighted by Crippen LogP contribution is 2.28. The first kappa shape index (κ1) is 21.3. The number of benzene rings is 2. The maximum Gasteiger partial charge on any atom is 0.338 e. The number of amides is 1. The minimum Gasteiger partial charge on any atom is -0.462 e. The number of esters is 1. The van der Waals surface area contributed by atoms with Crippen LogP contribution in [0.2, 0.25) is 0 Å². The number of carbonyl (C=O) groups excluding carboxylic acids is 2. The lowest BCUT2D eigenvalue weighted by Gasteiger charge is -2.08. The molecule has 2 aromatic heterocycles. The van der Waals surface area contributed by atoms with E-state index in [1.807, 2.05) is 25.1 Å². The number of nitrogens with zero attached hydrogens (tertiary/aromatic N) is 2. The zero-order valence-corrected chi connectivity index (χ0v) is 19.0. The Morgan fingerprint density at radius 3 is 2.74 bits per heavy atom. The normalized spacial score (nSPS) is 11.1. The van der Waals surface area contributed by atoms with E-state index in [1.165, 1.54) is 23.1 Å². The Morgan fingerprint density at radius 2 is 1.94 bits per heavy atom. The molecule has 0 aliphatic heterocycles. The van der Waals surface area contributed by atoms with Crippen molar-refractivity contribution in [2.24, 2.45) is 0 Å². The van der Waals surface area contributed by atoms with E-state index >= 15 is 0 Å². The molecular formula is C23H21N3O3S2. The lowest BCUT2D eigenvalue weighted by molar-refractivity contribution is -0.113. The standard InChI is InChI=1S/C23H21N3O3S2/c1-4-29-22(28)15-8-9-17-18(11-15)31-23(24-17)25-19(27)12-30-20-10-14(3)16-7-5-6-13(2)21(16)26-20/h5-11H,4,12H2,1-3H3,(H,24,25,27). The van der Waals surface area contributed by atoms with Crippen LogP contribution >= 0.6 is 23.1 Å². The van der Waals surface area contributed by atoms with Gasteiger partial charge in [0.1, 0.15) is 0 Å². The van der Waals surface area contributed by atoms with Crippen molar-refractivity contribution in [3.63, 3.8) is 0 Å². The molecule has 31 heavy (non-hydrogen) atoms. The first-order valence-electron chi connectivity index (χ1n) is 9.82. The maximum atomic E-state index is 12.5. The monoisotopic (exact) mass is 451 g/mol. The third kappa shape index (κ3) is 4.70. The Balaban J connectivity index is 1.44. The topological polar surface area (TPSA) is 81.2 Å². The summed E-state index contributed by atoms with van der Waals surface area (Å²) in [4.78, 5) is 33.5. The van der Waals surface area contributed by atoms with Gasteiger partial charge in [-0.3, -0.25) is 4.79 Å². The number of thioether (sulfide) groups is 1. The summed E-state index contributed by atoms with van der Waals surface area (Å²) in [5.41, 5.74) is 4.42. The Hall–Kier alpha value is -2.97. The molecule has 1 amide bonds. The molecule has 0 atom stereocenters. The van der Waals surface area contributed by atoms with E-state index < -0.39 is 0 Å². The third-order valence-electron chi connectivity index (χ3n) is 4.72. The summed E-state index contributed by atoms with van der Waals surface area (Å²) in [7, 11) is 0. The van der Waals surface area contributed by atoms with Gasteiger partial charge < -0.3 is 10.1 Å². The van der Waals surface area contributed by atoms with Gasteiger partial charge in [0.2, 0.25) is 5.91 Å². The van der Waals surface area contributed by atoms with Crippen LogP contribution in [-0.4, -0.2) is 34.2 Å². The van der Waals surface area contributed by atoms with Gasteiger partial charge in [-0.2, -0.15) is 0 Å². The Kier molecular flexibility index (Phi) is 6.20. The van der Waals surface area contributed by atoms with E-state index in [-0.39, 0.29) is 17.6 Å². The fourth-order valence-corrected chi connectivity index (χ4v) is 4.91. The molecule has 0 radical (unpaired) electrons. The smallest absolute Gasteiger partial charge is 0.338 e. The quantitative estimate of drug-likeness (QED) is 0.314. The number of aromatic nitrogens is 2. The lowest BCUT2D eigenvalue weighted by Crippen LogP contribution is -2.13. The van der Waals surface area contributed by atoms with Gasteiger partial charge >= 0.3 is 5.97 Å². The molecule has 0 fully saturated rings. The molecule has 0 aliphatic rings. The number of hydrogen-bond acceptors (Lipinski definition) is 7. The lowest BCUT2D eigenvalue weighted by atomic mass is 10.1. The van der Waals surface area contributed by atoms with E-state index in [2.05, 4.69) is 23.3 Å². The summed E-state index contributed by atoms with van der Waals surface area (Å²) in [5.74, 6) is -0.291. The van der Waals surface area contributed by atoms with Gasteiger partial charge in [-0.25, -0.2) is 14.8 Å². The third-order valence-corrected chi connectivity index (χ3v) is 6.57. The van der Waals surface area contributed by atoms with E-state index in [1.54, 1.807) is 25.1 Å². The summed E-state index contributed by atoms with van der Waals surface area (Å²) in [6.45, 7) is 6.18. The van der Waals surface area contributed by atoms with Gasteiger partial charge in [-0.1, -0.05) is 41.3 Å². The molecule has 0 spiro atoms. The zero-order chi connectivity index (χ0) is 22.0. The first-order chi connectivity index (χ1) is 14.9. The van der Waals surface area contributed by atoms with Crippen LogP contribution in [0.5, 0.6) is 0 Å². The van der Waals surface area contributed by atoms with Crippen molar-refractivity contribution >= 4 is 61.2 Å².